The van der Waals surface area contributed by atoms with Crippen molar-refractivity contribution in [3.63, 3.8) is 0 Å². The lowest BCUT2D eigenvalue weighted by Gasteiger charge is -2.11. The third-order valence-electron chi connectivity index (χ3n) is 2.56. The Kier molecular flexibility index (Phi) is 4.85. The number of aliphatic hydroxyl groups is 1. The van der Waals surface area contributed by atoms with Crippen molar-refractivity contribution in [2.75, 3.05) is 0 Å². The summed E-state index contributed by atoms with van der Waals surface area (Å²) in [6.45, 7) is 0.380. The molecule has 2 rings (SSSR count). The largest absolute Gasteiger partial charge is 0.508 e. The fourth-order valence-corrected chi connectivity index (χ4v) is 3.10. The minimum atomic E-state index is -0.0184. The molecular formula is C14H12Br2O3. The van der Waals surface area contributed by atoms with Gasteiger partial charge in [0.05, 0.1) is 15.6 Å². The molecule has 19 heavy (non-hydrogen) atoms. The molecule has 0 spiro atoms. The van der Waals surface area contributed by atoms with Crippen LogP contribution in [0.1, 0.15) is 11.1 Å². The van der Waals surface area contributed by atoms with Crippen molar-refractivity contribution in [1.82, 2.24) is 0 Å². The molecule has 0 saturated heterocycles. The van der Waals surface area contributed by atoms with Gasteiger partial charge in [0.1, 0.15) is 18.1 Å². The van der Waals surface area contributed by atoms with Crippen LogP contribution in [-0.2, 0) is 13.2 Å². The second kappa shape index (κ2) is 6.41. The van der Waals surface area contributed by atoms with E-state index < -0.39 is 0 Å². The van der Waals surface area contributed by atoms with E-state index in [4.69, 9.17) is 9.84 Å². The van der Waals surface area contributed by atoms with Gasteiger partial charge in [-0.3, -0.25) is 0 Å². The summed E-state index contributed by atoms with van der Waals surface area (Å²) in [6, 6.07) is 10.5. The number of rotatable bonds is 4. The van der Waals surface area contributed by atoms with Crippen molar-refractivity contribution in [1.29, 1.82) is 0 Å². The number of aromatic hydroxyl groups is 1. The first-order valence-electron chi connectivity index (χ1n) is 5.59. The third-order valence-corrected chi connectivity index (χ3v) is 3.74. The molecule has 5 heteroatoms. The average Bonchev–Trinajstić information content (AvgIpc) is 2.39. The predicted octanol–water partition coefficient (Wildman–Crippen LogP) is 3.99. The van der Waals surface area contributed by atoms with Crippen LogP contribution >= 0.6 is 31.9 Å². The van der Waals surface area contributed by atoms with Gasteiger partial charge in [-0.05, 0) is 67.3 Å². The molecule has 0 fully saturated rings. The average molecular weight is 388 g/mol. The van der Waals surface area contributed by atoms with Gasteiger partial charge in [-0.1, -0.05) is 12.1 Å². The van der Waals surface area contributed by atoms with Gasteiger partial charge < -0.3 is 14.9 Å². The van der Waals surface area contributed by atoms with Crippen LogP contribution < -0.4 is 4.74 Å². The quantitative estimate of drug-likeness (QED) is 0.833. The second-order valence-corrected chi connectivity index (χ2v) is 5.71. The Morgan fingerprint density at radius 1 is 0.947 bits per heavy atom. The van der Waals surface area contributed by atoms with E-state index >= 15 is 0 Å². The number of aliphatic hydroxyl groups excluding tert-OH is 1. The Morgan fingerprint density at radius 2 is 1.53 bits per heavy atom. The molecule has 2 N–H and O–H groups in total. The molecule has 0 heterocycles. The van der Waals surface area contributed by atoms with Crippen molar-refractivity contribution < 1.29 is 14.9 Å². The topological polar surface area (TPSA) is 49.7 Å². The van der Waals surface area contributed by atoms with E-state index in [9.17, 15) is 5.11 Å². The second-order valence-electron chi connectivity index (χ2n) is 4.00. The highest BCUT2D eigenvalue weighted by Gasteiger charge is 2.09. The summed E-state index contributed by atoms with van der Waals surface area (Å²) in [4.78, 5) is 0. The fourth-order valence-electron chi connectivity index (χ4n) is 1.59. The Hall–Kier alpha value is -1.04. The molecule has 3 nitrogen and oxygen atoms in total. The Bertz CT molecular complexity index is 544. The Balaban J connectivity index is 2.13. The van der Waals surface area contributed by atoms with Crippen LogP contribution in [0.25, 0.3) is 0 Å². The van der Waals surface area contributed by atoms with Gasteiger partial charge in [-0.2, -0.15) is 0 Å². The van der Waals surface area contributed by atoms with Crippen LogP contribution in [0.4, 0.5) is 0 Å². The van der Waals surface area contributed by atoms with Gasteiger partial charge in [0.25, 0.3) is 0 Å². The Labute approximate surface area is 128 Å². The number of hydrogen-bond donors (Lipinski definition) is 2. The van der Waals surface area contributed by atoms with Crippen molar-refractivity contribution in [3.05, 3.63) is 56.5 Å². The van der Waals surface area contributed by atoms with Gasteiger partial charge in [0, 0.05) is 0 Å². The minimum absolute atomic E-state index is 0.0184. The van der Waals surface area contributed by atoms with E-state index in [2.05, 4.69) is 31.9 Å². The molecule has 100 valence electrons. The summed E-state index contributed by atoms with van der Waals surface area (Å²) >= 11 is 6.84. The maximum Gasteiger partial charge on any atom is 0.148 e. The molecule has 0 amide bonds. The molecule has 0 radical (unpaired) electrons. The number of benzene rings is 2. The van der Waals surface area contributed by atoms with Crippen molar-refractivity contribution in [3.8, 4) is 11.5 Å². The zero-order valence-corrected chi connectivity index (χ0v) is 13.1. The fraction of sp³-hybridized carbons (Fsp3) is 0.143. The number of ether oxygens (including phenoxy) is 1. The van der Waals surface area contributed by atoms with Crippen molar-refractivity contribution in [2.24, 2.45) is 0 Å². The van der Waals surface area contributed by atoms with Gasteiger partial charge in [0.2, 0.25) is 0 Å². The molecule has 0 atom stereocenters. The van der Waals surface area contributed by atoms with Gasteiger partial charge in [0.15, 0.2) is 0 Å². The molecule has 2 aromatic carbocycles. The lowest BCUT2D eigenvalue weighted by atomic mass is 10.2. The highest BCUT2D eigenvalue weighted by Crippen LogP contribution is 2.35. The lowest BCUT2D eigenvalue weighted by molar-refractivity contribution is 0.280. The number of hydrogen-bond acceptors (Lipinski definition) is 3. The van der Waals surface area contributed by atoms with Gasteiger partial charge in [-0.25, -0.2) is 0 Å². The number of halogens is 2. The normalized spacial score (nSPS) is 10.5. The number of phenols is 1. The monoisotopic (exact) mass is 386 g/mol. The van der Waals surface area contributed by atoms with E-state index in [0.29, 0.717) is 12.4 Å². The van der Waals surface area contributed by atoms with Crippen LogP contribution in [-0.4, -0.2) is 10.2 Å². The van der Waals surface area contributed by atoms with Crippen LogP contribution in [0.3, 0.4) is 0 Å². The Morgan fingerprint density at radius 3 is 2.05 bits per heavy atom. The third kappa shape index (κ3) is 3.72. The van der Waals surface area contributed by atoms with Crippen molar-refractivity contribution in [2.45, 2.75) is 13.2 Å². The maximum absolute atomic E-state index is 9.21. The summed E-state index contributed by atoms with van der Waals surface area (Å²) in [5, 5.41) is 18.3. The minimum Gasteiger partial charge on any atom is -0.508 e. The lowest BCUT2D eigenvalue weighted by Crippen LogP contribution is -1.97. The highest BCUT2D eigenvalue weighted by molar-refractivity contribution is 9.11. The van der Waals surface area contributed by atoms with E-state index in [1.165, 1.54) is 0 Å². The highest BCUT2D eigenvalue weighted by atomic mass is 79.9. The van der Waals surface area contributed by atoms with Crippen LogP contribution in [0.5, 0.6) is 11.5 Å². The van der Waals surface area contributed by atoms with Crippen molar-refractivity contribution >= 4 is 31.9 Å². The molecular weight excluding hydrogens is 376 g/mol. The zero-order valence-electron chi connectivity index (χ0n) is 9.94. The SMILES string of the molecule is OCc1cc(Br)c(OCc2ccc(O)cc2)c(Br)c1. The van der Waals surface area contributed by atoms with E-state index in [1.807, 2.05) is 12.1 Å². The van der Waals surface area contributed by atoms with Gasteiger partial charge in [-0.15, -0.1) is 0 Å². The molecule has 0 aromatic heterocycles. The maximum atomic E-state index is 9.21. The van der Waals surface area contributed by atoms with E-state index in [0.717, 1.165) is 20.1 Å². The molecule has 0 unspecified atom stereocenters. The summed E-state index contributed by atoms with van der Waals surface area (Å²) in [5.41, 5.74) is 1.76. The molecule has 0 aliphatic carbocycles. The molecule has 0 saturated carbocycles. The first-order chi connectivity index (χ1) is 9.10. The molecule has 0 bridgehead atoms. The summed E-state index contributed by atoms with van der Waals surface area (Å²) in [5.74, 6) is 0.920. The zero-order chi connectivity index (χ0) is 13.8. The van der Waals surface area contributed by atoms with Crippen LogP contribution in [0.15, 0.2) is 45.3 Å². The molecule has 0 aliphatic rings. The first kappa shape index (κ1) is 14.4. The van der Waals surface area contributed by atoms with Crippen LogP contribution in [0.2, 0.25) is 0 Å². The summed E-state index contributed by atoms with van der Waals surface area (Å²) < 4.78 is 7.30. The first-order valence-corrected chi connectivity index (χ1v) is 7.18. The summed E-state index contributed by atoms with van der Waals surface area (Å²) in [6.07, 6.45) is 0. The standard InChI is InChI=1S/C14H12Br2O3/c15-12-5-10(7-17)6-13(16)14(12)19-8-9-1-3-11(18)4-2-9/h1-6,17-18H,7-8H2. The van der Waals surface area contributed by atoms with E-state index in [1.54, 1.807) is 24.3 Å². The summed E-state index contributed by atoms with van der Waals surface area (Å²) in [7, 11) is 0. The number of phenolic OH excluding ortho intramolecular Hbond substituents is 1. The smallest absolute Gasteiger partial charge is 0.148 e. The molecule has 2 aromatic rings. The predicted molar refractivity (Wildman–Crippen MR) is 80.2 cm³/mol. The van der Waals surface area contributed by atoms with Crippen LogP contribution in [0, 0.1) is 0 Å². The van der Waals surface area contributed by atoms with Gasteiger partial charge >= 0.3 is 0 Å². The molecule has 0 aliphatic heterocycles. The van der Waals surface area contributed by atoms with E-state index in [-0.39, 0.29) is 12.4 Å².